The normalized spacial score (nSPS) is 19.8. The number of para-hydroxylation sites is 1. The van der Waals surface area contributed by atoms with Crippen LogP contribution in [0.2, 0.25) is 0 Å². The number of fused-ring (bicyclic) bond motifs is 1. The van der Waals surface area contributed by atoms with Crippen LogP contribution in [0.4, 0.5) is 0 Å². The molecule has 1 aliphatic heterocycles. The summed E-state index contributed by atoms with van der Waals surface area (Å²) in [6.07, 6.45) is 1.52. The number of carbonyl (C=O) groups excluding carboxylic acids is 1. The number of ether oxygens (including phenoxy) is 1. The van der Waals surface area contributed by atoms with Crippen LogP contribution in [0.1, 0.15) is 10.4 Å². The third kappa shape index (κ3) is 2.11. The molecule has 5 nitrogen and oxygen atoms in total. The van der Waals surface area contributed by atoms with Gasteiger partial charge in [-0.2, -0.15) is 0 Å². The van der Waals surface area contributed by atoms with E-state index in [0.717, 1.165) is 11.0 Å². The summed E-state index contributed by atoms with van der Waals surface area (Å²) >= 11 is 0. The Morgan fingerprint density at radius 3 is 3.11 bits per heavy atom. The number of hydrogen-bond donors (Lipinski definition) is 1. The zero-order valence-electron chi connectivity index (χ0n) is 10.5. The van der Waals surface area contributed by atoms with Crippen molar-refractivity contribution >= 4 is 16.9 Å². The van der Waals surface area contributed by atoms with Crippen molar-refractivity contribution in [3.63, 3.8) is 0 Å². The van der Waals surface area contributed by atoms with Gasteiger partial charge in [-0.05, 0) is 6.07 Å². The lowest BCUT2D eigenvalue weighted by Gasteiger charge is -2.34. The predicted octanol–water partition coefficient (Wildman–Crippen LogP) is 1.23. The lowest BCUT2D eigenvalue weighted by Crippen LogP contribution is -2.52. The largest absolute Gasteiger partial charge is 0.463 e. The first kappa shape index (κ1) is 12.2. The van der Waals surface area contributed by atoms with Crippen molar-refractivity contribution in [2.75, 3.05) is 26.3 Å². The first-order valence-corrected chi connectivity index (χ1v) is 6.36. The molecule has 2 aromatic rings. The number of benzene rings is 1. The Bertz CT molecular complexity index is 593. The van der Waals surface area contributed by atoms with Crippen molar-refractivity contribution in [1.29, 1.82) is 0 Å². The van der Waals surface area contributed by atoms with Crippen molar-refractivity contribution in [3.8, 4) is 0 Å². The van der Waals surface area contributed by atoms with Crippen LogP contribution in [-0.2, 0) is 4.74 Å². The van der Waals surface area contributed by atoms with E-state index in [0.29, 0.717) is 31.9 Å². The van der Waals surface area contributed by atoms with E-state index in [2.05, 4.69) is 0 Å². The highest BCUT2D eigenvalue weighted by Gasteiger charge is 2.28. The Hall–Kier alpha value is -1.85. The monoisotopic (exact) mass is 260 g/mol. The van der Waals surface area contributed by atoms with Crippen molar-refractivity contribution in [2.24, 2.45) is 5.73 Å². The maximum atomic E-state index is 12.6. The van der Waals surface area contributed by atoms with Gasteiger partial charge in [0.2, 0.25) is 0 Å². The number of hydrogen-bond acceptors (Lipinski definition) is 4. The van der Waals surface area contributed by atoms with E-state index in [9.17, 15) is 4.79 Å². The highest BCUT2D eigenvalue weighted by atomic mass is 16.5. The Morgan fingerprint density at radius 1 is 1.42 bits per heavy atom. The van der Waals surface area contributed by atoms with Crippen LogP contribution in [0.25, 0.3) is 11.0 Å². The SMILES string of the molecule is NCC1COCCN1C(=O)c1coc2ccccc12. The molecule has 0 bridgehead atoms. The van der Waals surface area contributed by atoms with E-state index in [-0.39, 0.29) is 11.9 Å². The van der Waals surface area contributed by atoms with Crippen LogP contribution < -0.4 is 5.73 Å². The van der Waals surface area contributed by atoms with E-state index in [1.807, 2.05) is 24.3 Å². The van der Waals surface area contributed by atoms with Crippen LogP contribution in [0.5, 0.6) is 0 Å². The maximum absolute atomic E-state index is 12.6. The molecule has 5 heteroatoms. The molecule has 1 atom stereocenters. The summed E-state index contributed by atoms with van der Waals surface area (Å²) < 4.78 is 10.8. The molecule has 100 valence electrons. The number of furan rings is 1. The second-order valence-electron chi connectivity index (χ2n) is 4.61. The minimum atomic E-state index is -0.0603. The highest BCUT2D eigenvalue weighted by Crippen LogP contribution is 2.23. The summed E-state index contributed by atoms with van der Waals surface area (Å²) in [5.41, 5.74) is 7.02. The lowest BCUT2D eigenvalue weighted by molar-refractivity contribution is 0.000897. The van der Waals surface area contributed by atoms with Gasteiger partial charge in [-0.1, -0.05) is 18.2 Å². The van der Waals surface area contributed by atoms with E-state index >= 15 is 0 Å². The molecular weight excluding hydrogens is 244 g/mol. The summed E-state index contributed by atoms with van der Waals surface area (Å²) in [4.78, 5) is 14.4. The van der Waals surface area contributed by atoms with Gasteiger partial charge in [0, 0.05) is 18.5 Å². The summed E-state index contributed by atoms with van der Waals surface area (Å²) in [6.45, 7) is 2.03. The highest BCUT2D eigenvalue weighted by molar-refractivity contribution is 6.06. The number of rotatable bonds is 2. The Balaban J connectivity index is 1.94. The first-order chi connectivity index (χ1) is 9.31. The molecule has 1 aliphatic rings. The second kappa shape index (κ2) is 5.03. The van der Waals surface area contributed by atoms with Crippen LogP contribution >= 0.6 is 0 Å². The topological polar surface area (TPSA) is 68.7 Å². The molecule has 0 aliphatic carbocycles. The third-order valence-electron chi connectivity index (χ3n) is 3.47. The van der Waals surface area contributed by atoms with Crippen molar-refractivity contribution in [1.82, 2.24) is 4.90 Å². The van der Waals surface area contributed by atoms with Gasteiger partial charge < -0.3 is 19.8 Å². The number of carbonyl (C=O) groups is 1. The molecule has 1 amide bonds. The van der Waals surface area contributed by atoms with Crippen LogP contribution in [0, 0.1) is 0 Å². The average Bonchev–Trinajstić information content (AvgIpc) is 2.90. The quantitative estimate of drug-likeness (QED) is 0.881. The van der Waals surface area contributed by atoms with Gasteiger partial charge in [0.05, 0.1) is 24.8 Å². The summed E-state index contributed by atoms with van der Waals surface area (Å²) in [5, 5.41) is 0.842. The average molecular weight is 260 g/mol. The van der Waals surface area contributed by atoms with Gasteiger partial charge >= 0.3 is 0 Å². The van der Waals surface area contributed by atoms with Gasteiger partial charge in [0.1, 0.15) is 11.8 Å². The van der Waals surface area contributed by atoms with Crippen LogP contribution in [0.3, 0.4) is 0 Å². The second-order valence-corrected chi connectivity index (χ2v) is 4.61. The molecule has 2 N–H and O–H groups in total. The molecule has 0 saturated carbocycles. The molecule has 1 aromatic carbocycles. The maximum Gasteiger partial charge on any atom is 0.258 e. The van der Waals surface area contributed by atoms with Crippen molar-refractivity contribution < 1.29 is 13.9 Å². The van der Waals surface area contributed by atoms with Gasteiger partial charge in [-0.3, -0.25) is 4.79 Å². The third-order valence-corrected chi connectivity index (χ3v) is 3.47. The number of morpholine rings is 1. The summed E-state index contributed by atoms with van der Waals surface area (Å²) in [5.74, 6) is -0.0382. The fourth-order valence-electron chi connectivity index (χ4n) is 2.42. The molecule has 2 heterocycles. The van der Waals surface area contributed by atoms with E-state index in [4.69, 9.17) is 14.9 Å². The molecule has 1 aromatic heterocycles. The number of nitrogens with two attached hydrogens (primary N) is 1. The van der Waals surface area contributed by atoms with Gasteiger partial charge in [-0.15, -0.1) is 0 Å². The summed E-state index contributed by atoms with van der Waals surface area (Å²) in [6, 6.07) is 7.47. The lowest BCUT2D eigenvalue weighted by atomic mass is 10.1. The molecule has 0 spiro atoms. The predicted molar refractivity (Wildman–Crippen MR) is 70.9 cm³/mol. The minimum absolute atomic E-state index is 0.0382. The fourth-order valence-corrected chi connectivity index (χ4v) is 2.42. The smallest absolute Gasteiger partial charge is 0.258 e. The fraction of sp³-hybridized carbons (Fsp3) is 0.357. The van der Waals surface area contributed by atoms with Crippen LogP contribution in [0.15, 0.2) is 34.9 Å². The standard InChI is InChI=1S/C14H16N2O3/c15-7-10-8-18-6-5-16(10)14(17)12-9-19-13-4-2-1-3-11(12)13/h1-4,9-10H,5-8,15H2. The zero-order valence-corrected chi connectivity index (χ0v) is 10.5. The Kier molecular flexibility index (Phi) is 3.23. The molecular formula is C14H16N2O3. The van der Waals surface area contributed by atoms with Gasteiger partial charge in [0.25, 0.3) is 5.91 Å². The molecule has 0 radical (unpaired) electrons. The molecule has 1 fully saturated rings. The Labute approximate surface area is 110 Å². The molecule has 1 unspecified atom stereocenters. The van der Waals surface area contributed by atoms with Crippen LogP contribution in [-0.4, -0.2) is 43.2 Å². The van der Waals surface area contributed by atoms with Crippen molar-refractivity contribution in [2.45, 2.75) is 6.04 Å². The molecule has 1 saturated heterocycles. The first-order valence-electron chi connectivity index (χ1n) is 6.36. The number of amides is 1. The Morgan fingerprint density at radius 2 is 2.26 bits per heavy atom. The minimum Gasteiger partial charge on any atom is -0.463 e. The zero-order chi connectivity index (χ0) is 13.2. The molecule has 19 heavy (non-hydrogen) atoms. The van der Waals surface area contributed by atoms with E-state index in [1.165, 1.54) is 6.26 Å². The van der Waals surface area contributed by atoms with Gasteiger partial charge in [-0.25, -0.2) is 0 Å². The van der Waals surface area contributed by atoms with E-state index < -0.39 is 0 Å². The van der Waals surface area contributed by atoms with E-state index in [1.54, 1.807) is 4.90 Å². The molecule has 3 rings (SSSR count). The summed E-state index contributed by atoms with van der Waals surface area (Å²) in [7, 11) is 0. The van der Waals surface area contributed by atoms with Crippen molar-refractivity contribution in [3.05, 3.63) is 36.1 Å². The number of nitrogens with zero attached hydrogens (tertiary/aromatic N) is 1. The van der Waals surface area contributed by atoms with Gasteiger partial charge in [0.15, 0.2) is 0 Å².